The monoisotopic (exact) mass is 180 g/mol. The van der Waals surface area contributed by atoms with Crippen molar-refractivity contribution in [2.75, 3.05) is 6.61 Å². The molecule has 1 aliphatic heterocycles. The zero-order valence-electron chi connectivity index (χ0n) is 7.29. The molecule has 72 valence electrons. The van der Waals surface area contributed by atoms with Crippen molar-refractivity contribution in [1.29, 1.82) is 0 Å². The molecule has 0 aromatic carbocycles. The Kier molecular flexibility index (Phi) is 2.54. The number of nitrogens with two attached hydrogens (primary N) is 1. The minimum absolute atomic E-state index is 0.680. The van der Waals surface area contributed by atoms with Gasteiger partial charge in [-0.1, -0.05) is 0 Å². The molecule has 0 bridgehead atoms. The second kappa shape index (κ2) is 3.65. The summed E-state index contributed by atoms with van der Waals surface area (Å²) in [5, 5.41) is 36.3. The second-order valence-corrected chi connectivity index (χ2v) is 2.64. The van der Waals surface area contributed by atoms with Gasteiger partial charge in [0.05, 0.1) is 14.0 Å². The minimum Gasteiger partial charge on any atom is -0.394 e. The lowest BCUT2D eigenvalue weighted by molar-refractivity contribution is -0.248. The van der Waals surface area contributed by atoms with E-state index in [1.54, 1.807) is 0 Å². The number of aliphatic hydroxyl groups excluding tert-OH is 3. The highest BCUT2D eigenvalue weighted by molar-refractivity contribution is 4.90. The van der Waals surface area contributed by atoms with Gasteiger partial charge in [-0.2, -0.15) is 0 Å². The van der Waals surface area contributed by atoms with Crippen LogP contribution in [0.2, 0.25) is 0 Å². The number of rotatable bonds is 1. The Morgan fingerprint density at radius 1 is 1.42 bits per heavy atom. The maximum Gasteiger partial charge on any atom is 0.173 e. The van der Waals surface area contributed by atoms with Crippen LogP contribution in [0, 0.1) is 0 Å². The van der Waals surface area contributed by atoms with Crippen molar-refractivity contribution in [3.8, 4) is 0 Å². The van der Waals surface area contributed by atoms with E-state index in [2.05, 4.69) is 4.74 Å². The molecule has 0 aromatic heterocycles. The van der Waals surface area contributed by atoms with E-state index >= 15 is 0 Å². The molecule has 6 nitrogen and oxygen atoms in total. The molecule has 1 heterocycles. The molecule has 6 N–H and O–H groups in total. The van der Waals surface area contributed by atoms with Crippen molar-refractivity contribution in [3.63, 3.8) is 0 Å². The van der Waals surface area contributed by atoms with Crippen molar-refractivity contribution < 1.29 is 26.5 Å². The molecular formula is C6H13NO5. The van der Waals surface area contributed by atoms with Crippen LogP contribution in [-0.2, 0) is 4.74 Å². The predicted octanol–water partition coefficient (Wildman–Crippen LogP) is -3.26. The first-order valence-electron chi connectivity index (χ1n) is 4.01. The number of hydrogen-bond donors (Lipinski definition) is 5. The molecule has 1 saturated heterocycles. The molecule has 0 radical (unpaired) electrons. The van der Waals surface area contributed by atoms with E-state index in [9.17, 15) is 10.2 Å². The summed E-state index contributed by atoms with van der Waals surface area (Å²) in [6.07, 6.45) is -6.91. The normalized spacial score (nSPS) is 56.6. The van der Waals surface area contributed by atoms with Crippen LogP contribution < -0.4 is 5.73 Å². The highest BCUT2D eigenvalue weighted by Crippen LogP contribution is 2.17. The molecule has 1 aliphatic rings. The van der Waals surface area contributed by atoms with Gasteiger partial charge in [-0.15, -0.1) is 0 Å². The van der Waals surface area contributed by atoms with E-state index in [1.807, 2.05) is 0 Å². The Morgan fingerprint density at radius 3 is 2.50 bits per heavy atom. The lowest BCUT2D eigenvalue weighted by Crippen LogP contribution is -2.61. The molecule has 0 aromatic rings. The second-order valence-electron chi connectivity index (χ2n) is 2.64. The van der Waals surface area contributed by atoms with Gasteiger partial charge in [0.1, 0.15) is 18.3 Å². The molecule has 5 atom stereocenters. The highest BCUT2D eigenvalue weighted by Gasteiger charge is 2.41. The highest BCUT2D eigenvalue weighted by atomic mass is 16.6. The average molecular weight is 180 g/mol. The summed E-state index contributed by atoms with van der Waals surface area (Å²) in [6, 6.07) is -1.26. The summed E-state index contributed by atoms with van der Waals surface area (Å²) in [5.41, 5.74) is 5.23. The Labute approximate surface area is 70.6 Å². The first-order chi connectivity index (χ1) is 5.91. The van der Waals surface area contributed by atoms with Gasteiger partial charge in [0.25, 0.3) is 0 Å². The molecule has 0 amide bonds. The molecular weight excluding hydrogens is 166 g/mol. The standard InChI is InChI=1S/C6H13NO5/c7-3-5(10)4(9)2(1-8)12-6(3)11/h2-6,8-11H,1,7H2/t2-,3-,4-,5+,6-/m1/s1/i4D. The van der Waals surface area contributed by atoms with E-state index < -0.39 is 37.2 Å². The molecule has 1 rings (SSSR count). The van der Waals surface area contributed by atoms with E-state index in [-0.39, 0.29) is 0 Å². The fourth-order valence-electron chi connectivity index (χ4n) is 1.01. The van der Waals surface area contributed by atoms with Gasteiger partial charge in [-0.3, -0.25) is 0 Å². The van der Waals surface area contributed by atoms with Gasteiger partial charge in [0, 0.05) is 0 Å². The van der Waals surface area contributed by atoms with Crippen LogP contribution in [0.15, 0.2) is 0 Å². The zero-order valence-corrected chi connectivity index (χ0v) is 6.29. The van der Waals surface area contributed by atoms with Gasteiger partial charge in [0.15, 0.2) is 6.29 Å². The SMILES string of the molecule is [2H][C@@]1(O)[C@@H](CO)O[C@@H](O)[C@H](N)[C@@H]1O. The van der Waals surface area contributed by atoms with Crippen LogP contribution in [0.3, 0.4) is 0 Å². The third-order valence-electron chi connectivity index (χ3n) is 1.80. The van der Waals surface area contributed by atoms with Crippen molar-refractivity contribution in [2.45, 2.75) is 30.6 Å². The van der Waals surface area contributed by atoms with Gasteiger partial charge in [-0.05, 0) is 0 Å². The molecule has 0 saturated carbocycles. The Morgan fingerprint density at radius 2 is 2.00 bits per heavy atom. The summed E-state index contributed by atoms with van der Waals surface area (Å²) < 4.78 is 11.9. The van der Waals surface area contributed by atoms with E-state index in [1.165, 1.54) is 0 Å². The number of hydrogen-bond acceptors (Lipinski definition) is 6. The van der Waals surface area contributed by atoms with Gasteiger partial charge in [-0.25, -0.2) is 0 Å². The molecule has 0 spiro atoms. The maximum absolute atomic E-state index is 9.33. The fraction of sp³-hybridized carbons (Fsp3) is 1.00. The van der Waals surface area contributed by atoms with Crippen LogP contribution in [0.4, 0.5) is 0 Å². The van der Waals surface area contributed by atoms with Gasteiger partial charge in [0.2, 0.25) is 0 Å². The molecule has 12 heavy (non-hydrogen) atoms. The summed E-state index contributed by atoms with van der Waals surface area (Å²) in [4.78, 5) is 0. The third-order valence-corrected chi connectivity index (χ3v) is 1.80. The largest absolute Gasteiger partial charge is 0.394 e. The van der Waals surface area contributed by atoms with Crippen molar-refractivity contribution in [2.24, 2.45) is 5.73 Å². The van der Waals surface area contributed by atoms with Crippen LogP contribution in [0.5, 0.6) is 0 Å². The van der Waals surface area contributed by atoms with Crippen molar-refractivity contribution in [3.05, 3.63) is 0 Å². The van der Waals surface area contributed by atoms with E-state index in [4.69, 9.17) is 17.3 Å². The fourth-order valence-corrected chi connectivity index (χ4v) is 1.01. The van der Waals surface area contributed by atoms with Crippen LogP contribution in [-0.4, -0.2) is 57.7 Å². The zero-order chi connectivity index (χ0) is 10.2. The quantitative estimate of drug-likeness (QED) is 0.289. The average Bonchev–Trinajstić information content (AvgIpc) is 2.08. The number of aliphatic hydroxyl groups is 4. The maximum atomic E-state index is 9.33. The summed E-state index contributed by atoms with van der Waals surface area (Å²) in [6.45, 7) is -0.680. The first-order valence-corrected chi connectivity index (χ1v) is 3.51. The molecule has 6 heteroatoms. The van der Waals surface area contributed by atoms with Crippen LogP contribution >= 0.6 is 0 Å². The topological polar surface area (TPSA) is 116 Å². The number of ether oxygens (including phenoxy) is 1. The summed E-state index contributed by atoms with van der Waals surface area (Å²) in [7, 11) is 0. The van der Waals surface area contributed by atoms with E-state index in [0.29, 0.717) is 0 Å². The minimum atomic E-state index is -2.40. The van der Waals surface area contributed by atoms with Crippen LogP contribution in [0.1, 0.15) is 1.37 Å². The summed E-state index contributed by atoms with van der Waals surface area (Å²) >= 11 is 0. The molecule has 1 fully saturated rings. The lowest BCUT2D eigenvalue weighted by Gasteiger charge is -2.38. The Hall–Kier alpha value is -0.240. The first kappa shape index (κ1) is 8.36. The van der Waals surface area contributed by atoms with Gasteiger partial charge >= 0.3 is 0 Å². The lowest BCUT2D eigenvalue weighted by atomic mass is 9.98. The van der Waals surface area contributed by atoms with Crippen LogP contribution in [0.25, 0.3) is 0 Å². The predicted molar refractivity (Wildman–Crippen MR) is 38.0 cm³/mol. The van der Waals surface area contributed by atoms with Crippen molar-refractivity contribution >= 4 is 0 Å². The Balaban J connectivity index is 2.82. The smallest absolute Gasteiger partial charge is 0.173 e. The molecule has 0 unspecified atom stereocenters. The molecule has 0 aliphatic carbocycles. The Bertz CT molecular complexity index is 186. The van der Waals surface area contributed by atoms with E-state index in [0.717, 1.165) is 0 Å². The third kappa shape index (κ3) is 1.58. The summed E-state index contributed by atoms with van der Waals surface area (Å²) in [5.74, 6) is 0. The van der Waals surface area contributed by atoms with Gasteiger partial charge < -0.3 is 30.9 Å². The van der Waals surface area contributed by atoms with Crippen molar-refractivity contribution in [1.82, 2.24) is 0 Å².